The van der Waals surface area contributed by atoms with Crippen molar-refractivity contribution in [2.24, 2.45) is 11.8 Å². The fourth-order valence-corrected chi connectivity index (χ4v) is 2.89. The van der Waals surface area contributed by atoms with Gasteiger partial charge >= 0.3 is 0 Å². The highest BCUT2D eigenvalue weighted by Crippen LogP contribution is 2.16. The Labute approximate surface area is 93.8 Å². The Kier molecular flexibility index (Phi) is 4.00. The molecule has 0 radical (unpaired) electrons. The van der Waals surface area contributed by atoms with Crippen LogP contribution in [0.25, 0.3) is 0 Å². The Bertz CT molecular complexity index is 195. The number of likely N-dealkylation sites (tertiary alicyclic amines) is 1. The first-order chi connectivity index (χ1) is 7.24. The van der Waals surface area contributed by atoms with E-state index in [4.69, 9.17) is 0 Å². The molecule has 0 aliphatic carbocycles. The van der Waals surface area contributed by atoms with Gasteiger partial charge in [-0.05, 0) is 38.4 Å². The van der Waals surface area contributed by atoms with Crippen molar-refractivity contribution in [2.75, 3.05) is 52.9 Å². The molecule has 3 nitrogen and oxygen atoms in total. The monoisotopic (exact) mass is 211 g/mol. The molecule has 0 aromatic heterocycles. The lowest BCUT2D eigenvalue weighted by atomic mass is 10.1. The molecule has 2 aliphatic rings. The van der Waals surface area contributed by atoms with Gasteiger partial charge in [0.05, 0.1) is 0 Å². The Hall–Kier alpha value is -0.120. The Morgan fingerprint density at radius 3 is 2.87 bits per heavy atom. The quantitative estimate of drug-likeness (QED) is 0.717. The predicted octanol–water partition coefficient (Wildman–Crippen LogP) is 0.479. The third-order valence-corrected chi connectivity index (χ3v) is 3.67. The van der Waals surface area contributed by atoms with Crippen LogP contribution in [0.3, 0.4) is 0 Å². The van der Waals surface area contributed by atoms with Crippen LogP contribution in [0, 0.1) is 11.8 Å². The predicted molar refractivity (Wildman–Crippen MR) is 64.1 cm³/mol. The van der Waals surface area contributed by atoms with E-state index in [9.17, 15) is 0 Å². The summed E-state index contributed by atoms with van der Waals surface area (Å²) in [7, 11) is 2.24. The fraction of sp³-hybridized carbons (Fsp3) is 1.00. The Morgan fingerprint density at radius 1 is 1.27 bits per heavy atom. The topological polar surface area (TPSA) is 18.5 Å². The van der Waals surface area contributed by atoms with Crippen LogP contribution >= 0.6 is 0 Å². The van der Waals surface area contributed by atoms with E-state index in [-0.39, 0.29) is 0 Å². The average Bonchev–Trinajstić information content (AvgIpc) is 2.46. The maximum absolute atomic E-state index is 3.51. The zero-order valence-electron chi connectivity index (χ0n) is 10.2. The number of nitrogens with zero attached hydrogens (tertiary/aromatic N) is 2. The molecule has 0 saturated carbocycles. The summed E-state index contributed by atoms with van der Waals surface area (Å²) in [6.45, 7) is 11.2. The van der Waals surface area contributed by atoms with Crippen LogP contribution in [-0.2, 0) is 0 Å². The van der Waals surface area contributed by atoms with Crippen LogP contribution in [0.2, 0.25) is 0 Å². The number of hydrogen-bond donors (Lipinski definition) is 1. The minimum Gasteiger partial charge on any atom is -0.315 e. The minimum absolute atomic E-state index is 0.812. The third kappa shape index (κ3) is 3.44. The van der Waals surface area contributed by atoms with E-state index in [1.165, 1.54) is 52.2 Å². The van der Waals surface area contributed by atoms with E-state index in [1.807, 2.05) is 0 Å². The molecule has 2 rings (SSSR count). The van der Waals surface area contributed by atoms with Gasteiger partial charge < -0.3 is 15.1 Å². The Morgan fingerprint density at radius 2 is 2.13 bits per heavy atom. The molecule has 3 heteroatoms. The highest BCUT2D eigenvalue weighted by molar-refractivity contribution is 4.79. The second kappa shape index (κ2) is 5.28. The average molecular weight is 211 g/mol. The van der Waals surface area contributed by atoms with Gasteiger partial charge in [-0.3, -0.25) is 0 Å². The van der Waals surface area contributed by atoms with Crippen molar-refractivity contribution < 1.29 is 0 Å². The summed E-state index contributed by atoms with van der Waals surface area (Å²) in [5.41, 5.74) is 0. The van der Waals surface area contributed by atoms with E-state index in [0.29, 0.717) is 0 Å². The van der Waals surface area contributed by atoms with Gasteiger partial charge in [-0.25, -0.2) is 0 Å². The van der Waals surface area contributed by atoms with Crippen molar-refractivity contribution in [1.29, 1.82) is 0 Å². The molecule has 0 aromatic carbocycles. The molecule has 15 heavy (non-hydrogen) atoms. The van der Waals surface area contributed by atoms with Gasteiger partial charge in [-0.15, -0.1) is 0 Å². The first-order valence-corrected chi connectivity index (χ1v) is 6.35. The van der Waals surface area contributed by atoms with Crippen molar-refractivity contribution in [3.63, 3.8) is 0 Å². The molecule has 0 amide bonds. The molecular formula is C12H25N3. The maximum atomic E-state index is 3.51. The second-order valence-corrected chi connectivity index (χ2v) is 5.49. The van der Waals surface area contributed by atoms with Crippen LogP contribution < -0.4 is 5.32 Å². The number of hydrogen-bond acceptors (Lipinski definition) is 3. The summed E-state index contributed by atoms with van der Waals surface area (Å²) in [5.74, 6) is 1.73. The molecule has 2 fully saturated rings. The van der Waals surface area contributed by atoms with Crippen LogP contribution in [0.4, 0.5) is 0 Å². The summed E-state index contributed by atoms with van der Waals surface area (Å²) < 4.78 is 0. The smallest absolute Gasteiger partial charge is 0.0107 e. The summed E-state index contributed by atoms with van der Waals surface area (Å²) in [6, 6.07) is 0. The Balaban J connectivity index is 1.77. The van der Waals surface area contributed by atoms with E-state index in [0.717, 1.165) is 11.8 Å². The van der Waals surface area contributed by atoms with Gasteiger partial charge in [0.2, 0.25) is 0 Å². The lowest BCUT2D eigenvalue weighted by Crippen LogP contribution is -2.34. The molecule has 2 aliphatic heterocycles. The minimum atomic E-state index is 0.812. The van der Waals surface area contributed by atoms with Gasteiger partial charge in [0, 0.05) is 32.7 Å². The van der Waals surface area contributed by atoms with Gasteiger partial charge in [-0.1, -0.05) is 6.92 Å². The van der Waals surface area contributed by atoms with Gasteiger partial charge in [0.15, 0.2) is 0 Å². The summed E-state index contributed by atoms with van der Waals surface area (Å²) in [4.78, 5) is 5.12. The van der Waals surface area contributed by atoms with Crippen LogP contribution in [0.5, 0.6) is 0 Å². The van der Waals surface area contributed by atoms with Gasteiger partial charge in [-0.2, -0.15) is 0 Å². The molecule has 2 heterocycles. The van der Waals surface area contributed by atoms with Crippen LogP contribution in [0.15, 0.2) is 0 Å². The maximum Gasteiger partial charge on any atom is 0.0107 e. The molecule has 1 N–H and O–H groups in total. The first kappa shape index (κ1) is 11.4. The number of nitrogens with one attached hydrogen (secondary N) is 1. The SMILES string of the molecule is CC1CNCCN(CC2CCN(C)C2)C1. The summed E-state index contributed by atoms with van der Waals surface area (Å²) in [5, 5.41) is 3.51. The molecule has 0 bridgehead atoms. The molecule has 0 aromatic rings. The molecular weight excluding hydrogens is 186 g/mol. The zero-order chi connectivity index (χ0) is 10.7. The zero-order valence-corrected chi connectivity index (χ0v) is 10.2. The van der Waals surface area contributed by atoms with Crippen LogP contribution in [-0.4, -0.2) is 62.7 Å². The van der Waals surface area contributed by atoms with Crippen molar-refractivity contribution in [3.8, 4) is 0 Å². The van der Waals surface area contributed by atoms with Crippen molar-refractivity contribution >= 4 is 0 Å². The molecule has 2 atom stereocenters. The third-order valence-electron chi connectivity index (χ3n) is 3.67. The van der Waals surface area contributed by atoms with Crippen LogP contribution in [0.1, 0.15) is 13.3 Å². The fourth-order valence-electron chi connectivity index (χ4n) is 2.89. The van der Waals surface area contributed by atoms with Gasteiger partial charge in [0.25, 0.3) is 0 Å². The van der Waals surface area contributed by atoms with Crippen molar-refractivity contribution in [2.45, 2.75) is 13.3 Å². The second-order valence-electron chi connectivity index (χ2n) is 5.49. The highest BCUT2D eigenvalue weighted by Gasteiger charge is 2.23. The van der Waals surface area contributed by atoms with Gasteiger partial charge in [0.1, 0.15) is 0 Å². The standard InChI is InChI=1S/C12H25N3/c1-11-7-13-4-6-15(8-11)10-12-3-5-14(2)9-12/h11-13H,3-10H2,1-2H3. The lowest BCUT2D eigenvalue weighted by Gasteiger charge is -2.25. The summed E-state index contributed by atoms with van der Waals surface area (Å²) >= 11 is 0. The summed E-state index contributed by atoms with van der Waals surface area (Å²) in [6.07, 6.45) is 1.40. The first-order valence-electron chi connectivity index (χ1n) is 6.35. The normalized spacial score (nSPS) is 35.6. The molecule has 2 saturated heterocycles. The largest absolute Gasteiger partial charge is 0.315 e. The molecule has 2 unspecified atom stereocenters. The highest BCUT2D eigenvalue weighted by atomic mass is 15.2. The molecule has 0 spiro atoms. The van der Waals surface area contributed by atoms with E-state index < -0.39 is 0 Å². The van der Waals surface area contributed by atoms with Crippen molar-refractivity contribution in [1.82, 2.24) is 15.1 Å². The van der Waals surface area contributed by atoms with E-state index >= 15 is 0 Å². The number of rotatable bonds is 2. The van der Waals surface area contributed by atoms with E-state index in [2.05, 4.69) is 29.1 Å². The molecule has 88 valence electrons. The van der Waals surface area contributed by atoms with Crippen molar-refractivity contribution in [3.05, 3.63) is 0 Å². The van der Waals surface area contributed by atoms with E-state index in [1.54, 1.807) is 0 Å². The lowest BCUT2D eigenvalue weighted by molar-refractivity contribution is 0.224.